The number of nitrogens with zero attached hydrogens (tertiary/aromatic N) is 3. The van der Waals surface area contributed by atoms with Crippen molar-refractivity contribution in [1.82, 2.24) is 30.6 Å². The van der Waals surface area contributed by atoms with Gasteiger partial charge in [0.2, 0.25) is 11.9 Å². The van der Waals surface area contributed by atoms with Crippen LogP contribution in [-0.2, 0) is 48.5 Å². The number of aliphatic carboxylic acids is 3. The molecule has 292 valence electrons. The molecule has 0 spiro atoms. The number of anilines is 1. The van der Waals surface area contributed by atoms with Crippen LogP contribution in [0.15, 0.2) is 35.3 Å². The molecule has 0 aliphatic carbocycles. The van der Waals surface area contributed by atoms with E-state index in [1.165, 1.54) is 6.20 Å². The molecule has 1 atom stereocenters. The first kappa shape index (κ1) is 49.9. The molecule has 2 amide bonds. The monoisotopic (exact) mass is 952 g/mol. The number of hydrogen-bond donors (Lipinski definition) is 7. The number of fused-ring (bicyclic) bond motifs is 1. The summed E-state index contributed by atoms with van der Waals surface area (Å²) in [6.45, 7) is 2.34. The van der Waals surface area contributed by atoms with E-state index in [0.717, 1.165) is 24.8 Å². The third kappa shape index (κ3) is 21.2. The Bertz CT molecular complexity index is 1620. The van der Waals surface area contributed by atoms with E-state index in [1.807, 2.05) is 0 Å². The summed E-state index contributed by atoms with van der Waals surface area (Å²) in [5, 5.41) is 31.3. The van der Waals surface area contributed by atoms with Gasteiger partial charge < -0.3 is 44.0 Å². The summed E-state index contributed by atoms with van der Waals surface area (Å²) in [5.74, 6) is -3.85. The predicted molar refractivity (Wildman–Crippen MR) is 193 cm³/mol. The SMILES string of the molecule is CCCCCC(=O)O.Nc1nc2ncc(CCc3ccc(C(=O)N[C@@H](CCCCNC(=O)CCC(=O)O)C(=O)O)cc3)nc2c(=O)[nH]1.[Cl][Pt+2][Cl].[NH2-].[NH2-]. The van der Waals surface area contributed by atoms with Crippen LogP contribution in [0.4, 0.5) is 5.95 Å². The molecule has 52 heavy (non-hydrogen) atoms. The van der Waals surface area contributed by atoms with Gasteiger partial charge in [-0.1, -0.05) is 31.9 Å². The Morgan fingerprint density at radius 3 is 2.12 bits per heavy atom. The second-order valence-electron chi connectivity index (χ2n) is 10.7. The molecule has 0 unspecified atom stereocenters. The number of halogens is 2. The molecule has 0 saturated carbocycles. The fraction of sp³-hybridized carbons (Fsp3) is 0.452. The zero-order chi connectivity index (χ0) is 37.5. The van der Waals surface area contributed by atoms with E-state index in [0.29, 0.717) is 43.4 Å². The van der Waals surface area contributed by atoms with Gasteiger partial charge in [0, 0.05) is 24.9 Å². The van der Waals surface area contributed by atoms with Crippen LogP contribution < -0.4 is 21.9 Å². The van der Waals surface area contributed by atoms with Crippen LogP contribution in [0.25, 0.3) is 23.5 Å². The zero-order valence-electron chi connectivity index (χ0n) is 28.4. The fourth-order valence-corrected chi connectivity index (χ4v) is 4.22. The predicted octanol–water partition coefficient (Wildman–Crippen LogP) is 4.88. The molecule has 3 rings (SSSR count). The van der Waals surface area contributed by atoms with Gasteiger partial charge in [-0.2, -0.15) is 4.98 Å². The normalized spacial score (nSPS) is 10.5. The number of carbonyl (C=O) groups excluding carboxylic acids is 2. The van der Waals surface area contributed by atoms with Gasteiger partial charge in [0.15, 0.2) is 11.2 Å². The number of carboxylic acids is 3. The van der Waals surface area contributed by atoms with Crippen molar-refractivity contribution in [3.8, 4) is 0 Å². The van der Waals surface area contributed by atoms with E-state index in [2.05, 4.69) is 37.5 Å². The second-order valence-corrected chi connectivity index (χ2v) is 14.0. The Kier molecular flexibility index (Phi) is 27.2. The van der Waals surface area contributed by atoms with Crippen molar-refractivity contribution in [1.29, 1.82) is 0 Å². The number of nitrogens with two attached hydrogens (primary N) is 3. The van der Waals surface area contributed by atoms with Gasteiger partial charge in [0.25, 0.3) is 11.5 Å². The third-order valence-electron chi connectivity index (χ3n) is 6.78. The van der Waals surface area contributed by atoms with E-state index < -0.39 is 51.9 Å². The molecular weight excluding hydrogens is 908 g/mol. The fourth-order valence-electron chi connectivity index (χ4n) is 4.22. The average molecular weight is 954 g/mol. The maximum Gasteiger partial charge on any atom is -0.693 e. The van der Waals surface area contributed by atoms with Gasteiger partial charge >= 0.3 is 53.2 Å². The molecule has 0 aliphatic rings. The summed E-state index contributed by atoms with van der Waals surface area (Å²) >= 11 is -0.472. The molecule has 18 nitrogen and oxygen atoms in total. The second kappa shape index (κ2) is 28.4. The Hall–Kier alpha value is -4.22. The van der Waals surface area contributed by atoms with E-state index in [1.54, 1.807) is 24.3 Å². The Morgan fingerprint density at radius 2 is 1.54 bits per heavy atom. The van der Waals surface area contributed by atoms with Crippen molar-refractivity contribution in [2.45, 2.75) is 83.6 Å². The number of aryl methyl sites for hydroxylation is 2. The van der Waals surface area contributed by atoms with Gasteiger partial charge in [-0.3, -0.25) is 29.0 Å². The molecule has 0 aliphatic heterocycles. The number of nitrogens with one attached hydrogen (secondary N) is 3. The van der Waals surface area contributed by atoms with Crippen LogP contribution in [-0.4, -0.2) is 77.6 Å². The van der Waals surface area contributed by atoms with E-state index in [9.17, 15) is 33.9 Å². The Labute approximate surface area is 316 Å². The molecule has 0 fully saturated rings. The Morgan fingerprint density at radius 1 is 0.904 bits per heavy atom. The number of unbranched alkanes of at least 4 members (excludes halogenated alkanes) is 3. The topological polar surface area (TPSA) is 335 Å². The van der Waals surface area contributed by atoms with Crippen LogP contribution in [0.2, 0.25) is 0 Å². The van der Waals surface area contributed by atoms with Crippen molar-refractivity contribution in [2.75, 3.05) is 12.3 Å². The van der Waals surface area contributed by atoms with Gasteiger partial charge in [-0.15, -0.1) is 0 Å². The van der Waals surface area contributed by atoms with Crippen LogP contribution in [0, 0.1) is 0 Å². The summed E-state index contributed by atoms with van der Waals surface area (Å²) in [6.07, 6.45) is 6.56. The number of hydrogen-bond acceptors (Lipinski definition) is 10. The number of aromatic nitrogens is 4. The van der Waals surface area contributed by atoms with Gasteiger partial charge in [-0.25, -0.2) is 14.8 Å². The van der Waals surface area contributed by atoms with Gasteiger partial charge in [0.1, 0.15) is 6.04 Å². The first-order valence-electron chi connectivity index (χ1n) is 15.5. The largest absolute Gasteiger partial charge is 0.693 e. The zero-order valence-corrected chi connectivity index (χ0v) is 32.2. The summed E-state index contributed by atoms with van der Waals surface area (Å²) < 4.78 is 0. The number of carboxylic acid groups (broad SMARTS) is 3. The van der Waals surface area contributed by atoms with Crippen molar-refractivity contribution in [3.63, 3.8) is 0 Å². The van der Waals surface area contributed by atoms with Crippen molar-refractivity contribution >= 4 is 65.7 Å². The number of amides is 2. The van der Waals surface area contributed by atoms with E-state index >= 15 is 0 Å². The molecule has 2 aromatic heterocycles. The smallest absolute Gasteiger partial charge is 0.693 e. The summed E-state index contributed by atoms with van der Waals surface area (Å²) in [4.78, 5) is 82.8. The van der Waals surface area contributed by atoms with Crippen molar-refractivity contribution in [2.24, 2.45) is 0 Å². The number of benzene rings is 1. The number of nitrogen functional groups attached to an aromatic ring is 1. The van der Waals surface area contributed by atoms with Crippen LogP contribution >= 0.6 is 18.8 Å². The molecule has 21 heteroatoms. The van der Waals surface area contributed by atoms with Gasteiger partial charge in [0.05, 0.1) is 18.3 Å². The molecule has 2 heterocycles. The van der Waals surface area contributed by atoms with E-state index in [-0.39, 0.29) is 61.1 Å². The summed E-state index contributed by atoms with van der Waals surface area (Å²) in [5.41, 5.74) is 7.09. The third-order valence-corrected chi connectivity index (χ3v) is 6.78. The first-order valence-corrected chi connectivity index (χ1v) is 21.1. The van der Waals surface area contributed by atoms with Crippen LogP contribution in [0.3, 0.4) is 0 Å². The van der Waals surface area contributed by atoms with Gasteiger partial charge in [-0.05, 0) is 56.2 Å². The quantitative estimate of drug-likeness (QED) is 0.0838. The standard InChI is InChI=1S/C25H29N7O7.C6H12O2.2ClH.2H2N.Pt/c26-25-31-21-20(23(37)32-25)29-16(13-28-21)9-6-14-4-7-15(8-5-14)22(36)30-17(24(38)39)3-1-2-12-27-18(33)10-11-19(34)35;1-2-3-4-5-6(7)8;;;;;/h4-5,7-8,13,17H,1-3,6,9-12H2,(H,27,33)(H,30,36)(H,34,35)(H,38,39)(H3,26,28,31,32,37);2-5H2,1H3,(H,7,8);2*1H;2*1H2;/q;;;;2*-1;+4/p-2/t17-;;;;;;/m0....../s1. The average Bonchev–Trinajstić information content (AvgIpc) is 3.06. The number of rotatable bonds is 18. The first-order chi connectivity index (χ1) is 23.8. The minimum absolute atomic E-state index is 0. The van der Waals surface area contributed by atoms with E-state index in [4.69, 9.17) is 34.8 Å². The summed E-state index contributed by atoms with van der Waals surface area (Å²) in [7, 11) is 9.75. The molecule has 3 aromatic rings. The maximum atomic E-state index is 12.6. The Balaban J connectivity index is 0. The molecule has 0 bridgehead atoms. The number of H-pyrrole nitrogens is 1. The number of carbonyl (C=O) groups is 5. The van der Waals surface area contributed by atoms with Crippen LogP contribution in [0.1, 0.15) is 86.3 Å². The van der Waals surface area contributed by atoms with Crippen molar-refractivity contribution < 1.29 is 55.8 Å². The molecule has 1 aromatic carbocycles. The number of aromatic amines is 1. The minimum Gasteiger partial charge on any atom is -0.693 e. The van der Waals surface area contributed by atoms with Crippen LogP contribution in [0.5, 0.6) is 0 Å². The summed E-state index contributed by atoms with van der Waals surface area (Å²) in [6, 6.07) is 5.60. The van der Waals surface area contributed by atoms with Crippen molar-refractivity contribution in [3.05, 3.63) is 69.9 Å². The maximum absolute atomic E-state index is 12.6. The molecule has 12 N–H and O–H groups in total. The molecule has 0 saturated heterocycles. The molecular formula is C31H45Cl2N9O9Pt. The molecule has 0 radical (unpaired) electrons. The minimum atomic E-state index is -1.17.